The summed E-state index contributed by atoms with van der Waals surface area (Å²) in [5.74, 6) is -2.48. The summed E-state index contributed by atoms with van der Waals surface area (Å²) in [6.07, 6.45) is 0. The van der Waals surface area contributed by atoms with Crippen LogP contribution in [0.25, 0.3) is 0 Å². The molecule has 0 aliphatic heterocycles. The lowest BCUT2D eigenvalue weighted by Crippen LogP contribution is -2.38. The summed E-state index contributed by atoms with van der Waals surface area (Å²) >= 11 is 0. The van der Waals surface area contributed by atoms with Gasteiger partial charge in [0.15, 0.2) is 0 Å². The number of carboxylic acid groups (broad SMARTS) is 1. The third kappa shape index (κ3) is 5.07. The molecule has 0 rings (SSSR count). The Morgan fingerprint density at radius 2 is 1.39 bits per heavy atom. The molecule has 0 aromatic carbocycles. The molecular weight excluding hydrogens is 232 g/mol. The van der Waals surface area contributed by atoms with Crippen molar-refractivity contribution in [3.8, 4) is 0 Å². The highest BCUT2D eigenvalue weighted by atomic mass is 16.5. The van der Waals surface area contributed by atoms with E-state index in [0.717, 1.165) is 0 Å². The van der Waals surface area contributed by atoms with Crippen molar-refractivity contribution in [2.75, 3.05) is 6.61 Å². The molecule has 0 spiro atoms. The van der Waals surface area contributed by atoms with E-state index in [1.807, 2.05) is 41.5 Å². The second-order valence-corrected chi connectivity index (χ2v) is 5.90. The van der Waals surface area contributed by atoms with E-state index in [4.69, 9.17) is 4.74 Å². The van der Waals surface area contributed by atoms with Crippen LogP contribution in [0.1, 0.15) is 41.5 Å². The summed E-state index contributed by atoms with van der Waals surface area (Å²) in [5.41, 5.74) is 0. The SMILES string of the molecule is CC(C)COC(=O)C(C(C)C)C(C(=O)O)C(C)C. The highest BCUT2D eigenvalue weighted by Gasteiger charge is 2.39. The molecule has 1 N–H and O–H groups in total. The standard InChI is InChI=1S/C14H26O4/c1-8(2)7-18-14(17)12(10(5)6)11(9(3)4)13(15)16/h8-12H,7H2,1-6H3,(H,15,16). The van der Waals surface area contributed by atoms with Gasteiger partial charge in [0.1, 0.15) is 0 Å². The lowest BCUT2D eigenvalue weighted by atomic mass is 9.77. The normalized spacial score (nSPS) is 14.9. The fraction of sp³-hybridized carbons (Fsp3) is 0.857. The average molecular weight is 258 g/mol. The van der Waals surface area contributed by atoms with Crippen LogP contribution in [0.3, 0.4) is 0 Å². The van der Waals surface area contributed by atoms with Crippen molar-refractivity contribution in [1.82, 2.24) is 0 Å². The van der Waals surface area contributed by atoms with Crippen molar-refractivity contribution in [1.29, 1.82) is 0 Å². The van der Waals surface area contributed by atoms with Crippen LogP contribution < -0.4 is 0 Å². The molecule has 4 heteroatoms. The topological polar surface area (TPSA) is 63.6 Å². The molecule has 2 unspecified atom stereocenters. The number of rotatable bonds is 7. The number of hydrogen-bond acceptors (Lipinski definition) is 3. The van der Waals surface area contributed by atoms with Gasteiger partial charge in [-0.15, -0.1) is 0 Å². The van der Waals surface area contributed by atoms with E-state index < -0.39 is 17.8 Å². The number of esters is 1. The largest absolute Gasteiger partial charge is 0.481 e. The van der Waals surface area contributed by atoms with Crippen LogP contribution in [-0.4, -0.2) is 23.7 Å². The zero-order valence-corrected chi connectivity index (χ0v) is 12.3. The molecule has 106 valence electrons. The molecule has 0 heterocycles. The highest BCUT2D eigenvalue weighted by Crippen LogP contribution is 2.29. The quantitative estimate of drug-likeness (QED) is 0.713. The molecule has 0 aliphatic carbocycles. The molecule has 2 atom stereocenters. The van der Waals surface area contributed by atoms with Crippen LogP contribution in [0, 0.1) is 29.6 Å². The fourth-order valence-electron chi connectivity index (χ4n) is 2.03. The van der Waals surface area contributed by atoms with Gasteiger partial charge >= 0.3 is 11.9 Å². The van der Waals surface area contributed by atoms with E-state index in [2.05, 4.69) is 0 Å². The third-order valence-corrected chi connectivity index (χ3v) is 2.94. The zero-order chi connectivity index (χ0) is 14.5. The first-order chi connectivity index (χ1) is 8.18. The van der Waals surface area contributed by atoms with Gasteiger partial charge in [-0.25, -0.2) is 0 Å². The van der Waals surface area contributed by atoms with Gasteiger partial charge in [-0.2, -0.15) is 0 Å². The average Bonchev–Trinajstić information content (AvgIpc) is 2.20. The molecule has 0 fully saturated rings. The van der Waals surface area contributed by atoms with Crippen LogP contribution in [0.5, 0.6) is 0 Å². The Morgan fingerprint density at radius 3 is 1.67 bits per heavy atom. The van der Waals surface area contributed by atoms with Gasteiger partial charge in [0.2, 0.25) is 0 Å². The molecule has 4 nitrogen and oxygen atoms in total. The van der Waals surface area contributed by atoms with Crippen molar-refractivity contribution in [2.24, 2.45) is 29.6 Å². The Balaban J connectivity index is 4.93. The second kappa shape index (κ2) is 7.39. The first-order valence-corrected chi connectivity index (χ1v) is 6.57. The zero-order valence-electron chi connectivity index (χ0n) is 12.3. The molecule has 0 aliphatic rings. The van der Waals surface area contributed by atoms with Gasteiger partial charge in [0, 0.05) is 0 Å². The van der Waals surface area contributed by atoms with Gasteiger partial charge in [-0.1, -0.05) is 41.5 Å². The van der Waals surface area contributed by atoms with Gasteiger partial charge in [-0.05, 0) is 17.8 Å². The monoisotopic (exact) mass is 258 g/mol. The van der Waals surface area contributed by atoms with Crippen LogP contribution in [0.15, 0.2) is 0 Å². The maximum Gasteiger partial charge on any atom is 0.310 e. The van der Waals surface area contributed by atoms with Crippen molar-refractivity contribution in [3.63, 3.8) is 0 Å². The molecule has 0 radical (unpaired) electrons. The molecule has 0 amide bonds. The maximum absolute atomic E-state index is 12.1. The van der Waals surface area contributed by atoms with Crippen molar-refractivity contribution in [3.05, 3.63) is 0 Å². The van der Waals surface area contributed by atoms with E-state index in [1.54, 1.807) is 0 Å². The minimum atomic E-state index is -0.926. The third-order valence-electron chi connectivity index (χ3n) is 2.94. The summed E-state index contributed by atoms with van der Waals surface area (Å²) < 4.78 is 5.21. The van der Waals surface area contributed by atoms with Crippen LogP contribution in [0.4, 0.5) is 0 Å². The van der Waals surface area contributed by atoms with E-state index in [9.17, 15) is 14.7 Å². The first kappa shape index (κ1) is 16.9. The van der Waals surface area contributed by atoms with Gasteiger partial charge in [-0.3, -0.25) is 9.59 Å². The fourth-order valence-corrected chi connectivity index (χ4v) is 2.03. The lowest BCUT2D eigenvalue weighted by molar-refractivity contribution is -0.162. The van der Waals surface area contributed by atoms with Gasteiger partial charge in [0.25, 0.3) is 0 Å². The second-order valence-electron chi connectivity index (χ2n) is 5.90. The molecule has 0 aromatic rings. The minimum Gasteiger partial charge on any atom is -0.481 e. The number of carbonyl (C=O) groups excluding carboxylic acids is 1. The van der Waals surface area contributed by atoms with Gasteiger partial charge in [0.05, 0.1) is 18.4 Å². The minimum absolute atomic E-state index is 0.0480. The molecular formula is C14H26O4. The van der Waals surface area contributed by atoms with Crippen LogP contribution in [-0.2, 0) is 14.3 Å². The number of ether oxygens (including phenoxy) is 1. The smallest absolute Gasteiger partial charge is 0.310 e. The van der Waals surface area contributed by atoms with Crippen molar-refractivity contribution >= 4 is 11.9 Å². The highest BCUT2D eigenvalue weighted by molar-refractivity contribution is 5.81. The lowest BCUT2D eigenvalue weighted by Gasteiger charge is -2.28. The predicted molar refractivity (Wildman–Crippen MR) is 70.1 cm³/mol. The van der Waals surface area contributed by atoms with E-state index in [1.165, 1.54) is 0 Å². The van der Waals surface area contributed by atoms with E-state index in [0.29, 0.717) is 6.61 Å². The molecule has 18 heavy (non-hydrogen) atoms. The molecule has 0 bridgehead atoms. The Labute approximate surface area is 110 Å². The maximum atomic E-state index is 12.1. The summed E-state index contributed by atoms with van der Waals surface area (Å²) in [7, 11) is 0. The predicted octanol–water partition coefficient (Wildman–Crippen LogP) is 2.81. The van der Waals surface area contributed by atoms with Crippen molar-refractivity contribution in [2.45, 2.75) is 41.5 Å². The number of aliphatic carboxylic acids is 1. The summed E-state index contributed by atoms with van der Waals surface area (Å²) in [4.78, 5) is 23.4. The van der Waals surface area contributed by atoms with E-state index >= 15 is 0 Å². The summed E-state index contributed by atoms with van der Waals surface area (Å²) in [6, 6.07) is 0. The van der Waals surface area contributed by atoms with Crippen LogP contribution in [0.2, 0.25) is 0 Å². The van der Waals surface area contributed by atoms with Crippen molar-refractivity contribution < 1.29 is 19.4 Å². The van der Waals surface area contributed by atoms with Crippen LogP contribution >= 0.6 is 0 Å². The molecule has 0 saturated heterocycles. The number of hydrogen-bond donors (Lipinski definition) is 1. The number of carbonyl (C=O) groups is 2. The Morgan fingerprint density at radius 1 is 0.944 bits per heavy atom. The summed E-state index contributed by atoms with van der Waals surface area (Å²) in [5, 5.41) is 9.28. The molecule has 0 aromatic heterocycles. The Bertz CT molecular complexity index is 282. The van der Waals surface area contributed by atoms with Gasteiger partial charge < -0.3 is 9.84 Å². The number of carboxylic acids is 1. The summed E-state index contributed by atoms with van der Waals surface area (Å²) in [6.45, 7) is 11.6. The van der Waals surface area contributed by atoms with E-state index in [-0.39, 0.29) is 23.7 Å². The first-order valence-electron chi connectivity index (χ1n) is 6.57. The molecule has 0 saturated carbocycles. The Hall–Kier alpha value is -1.06. The Kier molecular flexibility index (Phi) is 6.96.